The zero-order chi connectivity index (χ0) is 26.1. The molecule has 2 atom stereocenters. The van der Waals surface area contributed by atoms with E-state index in [1.165, 1.54) is 50.5 Å². The van der Waals surface area contributed by atoms with Crippen LogP contribution in [0.5, 0.6) is 5.88 Å². The molecule has 7 nitrogen and oxygen atoms in total. The van der Waals surface area contributed by atoms with Crippen LogP contribution in [0.4, 0.5) is 11.8 Å². The number of hydrogen-bond acceptors (Lipinski definition) is 5. The molecule has 2 saturated carbocycles. The molecule has 0 spiro atoms. The highest BCUT2D eigenvalue weighted by atomic mass is 16.5. The monoisotopic (exact) mass is 513 g/mol. The van der Waals surface area contributed by atoms with Crippen LogP contribution in [0, 0.1) is 24.3 Å². The molecule has 200 valence electrons. The molecule has 3 aliphatic rings. The molecule has 2 aliphatic carbocycles. The number of pyridine rings is 1. The van der Waals surface area contributed by atoms with Gasteiger partial charge in [0.15, 0.2) is 5.52 Å². The molecule has 38 heavy (non-hydrogen) atoms. The van der Waals surface area contributed by atoms with Gasteiger partial charge in [0.25, 0.3) is 5.82 Å². The van der Waals surface area contributed by atoms with E-state index in [4.69, 9.17) is 26.0 Å². The summed E-state index contributed by atoms with van der Waals surface area (Å²) in [5, 5.41) is 0. The van der Waals surface area contributed by atoms with Crippen molar-refractivity contribution in [3.63, 3.8) is 0 Å². The number of fused-ring (bicyclic) bond motifs is 1. The highest BCUT2D eigenvalue weighted by molar-refractivity contribution is 5.86. The average Bonchev–Trinajstić information content (AvgIpc) is 3.27. The molecular formula is C31H39N5O2. The number of benzene rings is 1. The number of hydrogen-bond donors (Lipinski definition) is 0. The Bertz CT molecular complexity index is 1290. The molecule has 6 rings (SSSR count). The van der Waals surface area contributed by atoms with Crippen LogP contribution in [-0.4, -0.2) is 40.4 Å². The first-order valence-corrected chi connectivity index (χ1v) is 14.5. The Morgan fingerprint density at radius 3 is 2.61 bits per heavy atom. The summed E-state index contributed by atoms with van der Waals surface area (Å²) in [5.74, 6) is 3.81. The molecule has 7 heteroatoms. The third-order valence-electron chi connectivity index (χ3n) is 9.03. The lowest BCUT2D eigenvalue weighted by molar-refractivity contribution is 0.0925. The zero-order valence-electron chi connectivity index (χ0n) is 22.7. The van der Waals surface area contributed by atoms with Gasteiger partial charge in [-0.25, -0.2) is 4.98 Å². The lowest BCUT2D eigenvalue weighted by atomic mass is 9.82. The number of nitrogens with zero attached hydrogens (tertiary/aromatic N) is 5. The van der Waals surface area contributed by atoms with Gasteiger partial charge in [0, 0.05) is 13.1 Å². The van der Waals surface area contributed by atoms with E-state index < -0.39 is 0 Å². The standard InChI is InChI=1S/C31H39N5O2/c1-21-12-14-23(15-13-21)19-36-29-26(18-28(32-3)34-30(29)38-22(2)24-10-7-11-24)33-31(36)35-16-17-37-20-27(35)25-8-5-4-6-9-25/h4-6,8-9,18,21-24,27H,7,10-17,19-20H2,1-2H3/t21?,22?,23?,27-/m0/s1. The van der Waals surface area contributed by atoms with Crippen molar-refractivity contribution in [2.24, 2.45) is 17.8 Å². The van der Waals surface area contributed by atoms with Crippen LogP contribution in [0.2, 0.25) is 0 Å². The van der Waals surface area contributed by atoms with Gasteiger partial charge in [-0.2, -0.15) is 0 Å². The number of anilines is 1. The maximum absolute atomic E-state index is 7.70. The predicted octanol–water partition coefficient (Wildman–Crippen LogP) is 6.95. The van der Waals surface area contributed by atoms with E-state index in [9.17, 15) is 0 Å². The van der Waals surface area contributed by atoms with Gasteiger partial charge in [-0.15, -0.1) is 0 Å². The minimum Gasteiger partial charge on any atom is -0.456 e. The fourth-order valence-electron chi connectivity index (χ4n) is 6.37. The maximum Gasteiger partial charge on any atom is 0.336 e. The van der Waals surface area contributed by atoms with Crippen LogP contribution in [0.1, 0.15) is 70.4 Å². The molecule has 0 radical (unpaired) electrons. The summed E-state index contributed by atoms with van der Waals surface area (Å²) in [4.78, 5) is 16.0. The van der Waals surface area contributed by atoms with Crippen molar-refractivity contribution in [1.29, 1.82) is 0 Å². The van der Waals surface area contributed by atoms with Crippen molar-refractivity contribution in [2.75, 3.05) is 24.7 Å². The topological polar surface area (TPSA) is 56.8 Å². The Kier molecular flexibility index (Phi) is 7.25. The Morgan fingerprint density at radius 2 is 1.89 bits per heavy atom. The predicted molar refractivity (Wildman–Crippen MR) is 150 cm³/mol. The summed E-state index contributed by atoms with van der Waals surface area (Å²) in [6.07, 6.45) is 8.75. The van der Waals surface area contributed by atoms with Crippen LogP contribution in [0.25, 0.3) is 15.9 Å². The molecule has 1 aromatic carbocycles. The summed E-state index contributed by atoms with van der Waals surface area (Å²) in [5.41, 5.74) is 2.97. The number of aromatic nitrogens is 3. The normalized spacial score (nSPS) is 25.1. The minimum atomic E-state index is 0.0724. The molecular weight excluding hydrogens is 474 g/mol. The molecule has 0 bridgehead atoms. The fourth-order valence-corrected chi connectivity index (χ4v) is 6.37. The van der Waals surface area contributed by atoms with Crippen LogP contribution in [0.15, 0.2) is 36.4 Å². The SMILES string of the molecule is [C-]#[N+]c1cc2nc(N3CCOC[C@H]3c3ccccc3)n(CC3CCC(C)CC3)c2c(OC(C)C2CCC2)n1. The Hall–Kier alpha value is -3.11. The van der Waals surface area contributed by atoms with Gasteiger partial charge in [-0.1, -0.05) is 68.1 Å². The average molecular weight is 514 g/mol. The number of ether oxygens (including phenoxy) is 2. The first kappa shape index (κ1) is 25.2. The summed E-state index contributed by atoms with van der Waals surface area (Å²) in [6.45, 7) is 15.2. The highest BCUT2D eigenvalue weighted by Crippen LogP contribution is 2.40. The van der Waals surface area contributed by atoms with Gasteiger partial charge in [-0.3, -0.25) is 0 Å². The lowest BCUT2D eigenvalue weighted by Crippen LogP contribution is -2.41. The van der Waals surface area contributed by atoms with Crippen LogP contribution in [0.3, 0.4) is 0 Å². The van der Waals surface area contributed by atoms with Gasteiger partial charge >= 0.3 is 5.88 Å². The van der Waals surface area contributed by atoms with Crippen LogP contribution in [-0.2, 0) is 11.3 Å². The van der Waals surface area contributed by atoms with Gasteiger partial charge in [0.2, 0.25) is 5.95 Å². The molecule has 3 fully saturated rings. The fraction of sp³-hybridized carbons (Fsp3) is 0.581. The second-order valence-electron chi connectivity index (χ2n) is 11.6. The Morgan fingerprint density at radius 1 is 1.11 bits per heavy atom. The van der Waals surface area contributed by atoms with Crippen molar-refractivity contribution in [3.8, 4) is 5.88 Å². The third-order valence-corrected chi connectivity index (χ3v) is 9.03. The second kappa shape index (κ2) is 10.9. The molecule has 1 saturated heterocycles. The van der Waals surface area contributed by atoms with E-state index in [1.54, 1.807) is 0 Å². The Balaban J connectivity index is 1.46. The van der Waals surface area contributed by atoms with Crippen LogP contribution < -0.4 is 9.64 Å². The van der Waals surface area contributed by atoms with E-state index in [2.05, 4.69) is 58.5 Å². The van der Waals surface area contributed by atoms with Gasteiger partial charge < -0.3 is 23.8 Å². The third kappa shape index (κ3) is 4.99. The number of morpholine rings is 1. The van der Waals surface area contributed by atoms with E-state index in [1.807, 2.05) is 6.07 Å². The van der Waals surface area contributed by atoms with Crippen molar-refractivity contribution >= 4 is 22.8 Å². The van der Waals surface area contributed by atoms with Crippen molar-refractivity contribution < 1.29 is 9.47 Å². The van der Waals surface area contributed by atoms with Crippen molar-refractivity contribution in [2.45, 2.75) is 77.5 Å². The second-order valence-corrected chi connectivity index (χ2v) is 11.6. The Labute approximate surface area is 226 Å². The van der Waals surface area contributed by atoms with Crippen LogP contribution >= 0.6 is 0 Å². The quantitative estimate of drug-likeness (QED) is 0.320. The molecule has 0 N–H and O–H groups in total. The molecule has 2 aromatic heterocycles. The highest BCUT2D eigenvalue weighted by Gasteiger charge is 2.34. The maximum atomic E-state index is 7.70. The zero-order valence-corrected chi connectivity index (χ0v) is 22.7. The van der Waals surface area contributed by atoms with E-state index >= 15 is 0 Å². The van der Waals surface area contributed by atoms with Crippen molar-refractivity contribution in [3.05, 3.63) is 53.4 Å². The van der Waals surface area contributed by atoms with Gasteiger partial charge in [0.05, 0.1) is 24.8 Å². The summed E-state index contributed by atoms with van der Waals surface area (Å²) < 4.78 is 14.9. The molecule has 1 aliphatic heterocycles. The van der Waals surface area contributed by atoms with Gasteiger partial charge in [0.1, 0.15) is 6.10 Å². The summed E-state index contributed by atoms with van der Waals surface area (Å²) in [6, 6.07) is 12.5. The number of rotatable bonds is 7. The van der Waals surface area contributed by atoms with E-state index in [0.29, 0.717) is 36.7 Å². The van der Waals surface area contributed by atoms with E-state index in [0.717, 1.165) is 36.0 Å². The number of imidazole rings is 1. The molecule has 0 amide bonds. The first-order valence-electron chi connectivity index (χ1n) is 14.5. The molecule has 3 heterocycles. The minimum absolute atomic E-state index is 0.0724. The lowest BCUT2D eigenvalue weighted by Gasteiger charge is -2.37. The van der Waals surface area contributed by atoms with E-state index in [-0.39, 0.29) is 12.1 Å². The molecule has 1 unspecified atom stereocenters. The summed E-state index contributed by atoms with van der Waals surface area (Å²) in [7, 11) is 0. The van der Waals surface area contributed by atoms with Crippen molar-refractivity contribution in [1.82, 2.24) is 14.5 Å². The molecule has 3 aromatic rings. The largest absolute Gasteiger partial charge is 0.456 e. The smallest absolute Gasteiger partial charge is 0.336 e. The summed E-state index contributed by atoms with van der Waals surface area (Å²) >= 11 is 0. The first-order chi connectivity index (χ1) is 18.6. The van der Waals surface area contributed by atoms with Gasteiger partial charge in [-0.05, 0) is 62.0 Å².